The summed E-state index contributed by atoms with van der Waals surface area (Å²) in [4.78, 5) is 0. The van der Waals surface area contributed by atoms with Gasteiger partial charge >= 0.3 is 0 Å². The Balaban J connectivity index is 2.49. The number of aromatic nitrogens is 2. The van der Waals surface area contributed by atoms with E-state index in [1.165, 1.54) is 12.1 Å². The Labute approximate surface area is 54.5 Å². The molecule has 0 saturated heterocycles. The molecule has 2 heterocycles. The van der Waals surface area contributed by atoms with Crippen LogP contribution in [-0.2, 0) is 6.54 Å². The van der Waals surface area contributed by atoms with E-state index in [9.17, 15) is 0 Å². The smallest absolute Gasteiger partial charge is 0.0492 e. The monoisotopic (exact) mass is 122 g/mol. The van der Waals surface area contributed by atoms with Crippen molar-refractivity contribution in [2.24, 2.45) is 0 Å². The summed E-state index contributed by atoms with van der Waals surface area (Å²) in [5, 5.41) is 4.16. The highest BCUT2D eigenvalue weighted by Crippen LogP contribution is 2.25. The molecule has 0 aliphatic carbocycles. The van der Waals surface area contributed by atoms with Gasteiger partial charge in [-0.3, -0.25) is 4.68 Å². The molecule has 1 aromatic heterocycles. The molecule has 1 atom stereocenters. The first-order valence-electron chi connectivity index (χ1n) is 3.39. The van der Waals surface area contributed by atoms with Gasteiger partial charge in [-0.25, -0.2) is 0 Å². The van der Waals surface area contributed by atoms with E-state index in [1.54, 1.807) is 0 Å². The van der Waals surface area contributed by atoms with Crippen molar-refractivity contribution in [3.63, 3.8) is 0 Å². The second-order valence-electron chi connectivity index (χ2n) is 2.67. The maximum atomic E-state index is 4.16. The van der Waals surface area contributed by atoms with Gasteiger partial charge in [-0.1, -0.05) is 6.92 Å². The lowest BCUT2D eigenvalue weighted by Gasteiger charge is -1.94. The van der Waals surface area contributed by atoms with Gasteiger partial charge in [0, 0.05) is 18.4 Å². The first-order chi connectivity index (χ1) is 4.38. The molecule has 0 N–H and O–H groups in total. The molecule has 0 fully saturated rings. The minimum Gasteiger partial charge on any atom is -0.269 e. The molecule has 2 nitrogen and oxygen atoms in total. The van der Waals surface area contributed by atoms with Crippen molar-refractivity contribution in [3.05, 3.63) is 18.0 Å². The van der Waals surface area contributed by atoms with Crippen molar-refractivity contribution in [1.82, 2.24) is 9.78 Å². The molecule has 0 aromatic carbocycles. The number of rotatable bonds is 0. The van der Waals surface area contributed by atoms with E-state index in [2.05, 4.69) is 22.8 Å². The van der Waals surface area contributed by atoms with Crippen LogP contribution in [0.3, 0.4) is 0 Å². The van der Waals surface area contributed by atoms with E-state index >= 15 is 0 Å². The van der Waals surface area contributed by atoms with Gasteiger partial charge in [-0.2, -0.15) is 5.10 Å². The van der Waals surface area contributed by atoms with Gasteiger partial charge < -0.3 is 0 Å². The van der Waals surface area contributed by atoms with E-state index in [1.807, 2.05) is 6.20 Å². The molecule has 1 aliphatic heterocycles. The van der Waals surface area contributed by atoms with Crippen molar-refractivity contribution < 1.29 is 0 Å². The summed E-state index contributed by atoms with van der Waals surface area (Å²) < 4.78 is 2.09. The van der Waals surface area contributed by atoms with Gasteiger partial charge in [-0.05, 0) is 18.4 Å². The fourth-order valence-corrected chi connectivity index (χ4v) is 1.41. The Morgan fingerprint density at radius 1 is 1.78 bits per heavy atom. The van der Waals surface area contributed by atoms with E-state index in [0.29, 0.717) is 0 Å². The zero-order valence-corrected chi connectivity index (χ0v) is 5.54. The van der Waals surface area contributed by atoms with Crippen LogP contribution in [0.2, 0.25) is 0 Å². The Bertz CT molecular complexity index is 214. The zero-order valence-electron chi connectivity index (χ0n) is 5.54. The lowest BCUT2D eigenvalue weighted by molar-refractivity contribution is 0.643. The molecule has 2 rings (SSSR count). The average Bonchev–Trinajstić information content (AvgIpc) is 2.35. The minimum absolute atomic E-state index is 0.729. The second kappa shape index (κ2) is 1.59. The molecular weight excluding hydrogens is 112 g/mol. The van der Waals surface area contributed by atoms with Crippen LogP contribution in [0.5, 0.6) is 0 Å². The lowest BCUT2D eigenvalue weighted by Crippen LogP contribution is -1.92. The topological polar surface area (TPSA) is 17.8 Å². The second-order valence-corrected chi connectivity index (χ2v) is 2.67. The number of nitrogens with zero attached hydrogens (tertiary/aromatic N) is 2. The third-order valence-corrected chi connectivity index (χ3v) is 2.03. The van der Waals surface area contributed by atoms with Crippen LogP contribution in [0, 0.1) is 0 Å². The lowest BCUT2D eigenvalue weighted by atomic mass is 10.1. The van der Waals surface area contributed by atoms with E-state index in [4.69, 9.17) is 0 Å². The Morgan fingerprint density at radius 3 is 3.44 bits per heavy atom. The summed E-state index contributed by atoms with van der Waals surface area (Å²) in [6, 6.07) is 2.11. The van der Waals surface area contributed by atoms with Crippen LogP contribution in [-0.4, -0.2) is 9.78 Å². The fourth-order valence-electron chi connectivity index (χ4n) is 1.41. The van der Waals surface area contributed by atoms with Crippen LogP contribution in [0.1, 0.15) is 25.0 Å². The first-order valence-corrected chi connectivity index (χ1v) is 3.39. The van der Waals surface area contributed by atoms with Crippen LogP contribution in [0.25, 0.3) is 0 Å². The third kappa shape index (κ3) is 0.590. The van der Waals surface area contributed by atoms with E-state index in [0.717, 1.165) is 12.5 Å². The van der Waals surface area contributed by atoms with Crippen LogP contribution >= 0.6 is 0 Å². The summed E-state index contributed by atoms with van der Waals surface area (Å²) in [6.45, 7) is 3.37. The Kier molecular flexibility index (Phi) is 0.891. The molecule has 48 valence electrons. The largest absolute Gasteiger partial charge is 0.269 e. The van der Waals surface area contributed by atoms with Crippen molar-refractivity contribution in [2.75, 3.05) is 0 Å². The molecule has 1 aromatic rings. The van der Waals surface area contributed by atoms with Crippen LogP contribution in [0.4, 0.5) is 0 Å². The third-order valence-electron chi connectivity index (χ3n) is 2.03. The molecule has 1 aliphatic rings. The summed E-state index contributed by atoms with van der Waals surface area (Å²) >= 11 is 0. The van der Waals surface area contributed by atoms with E-state index in [-0.39, 0.29) is 0 Å². The normalized spacial score (nSPS) is 24.3. The molecule has 9 heavy (non-hydrogen) atoms. The van der Waals surface area contributed by atoms with Gasteiger partial charge in [0.25, 0.3) is 0 Å². The molecule has 1 unspecified atom stereocenters. The van der Waals surface area contributed by atoms with Gasteiger partial charge in [0.1, 0.15) is 0 Å². The number of fused-ring (bicyclic) bond motifs is 1. The standard InChI is InChI=1S/C7H10N2/c1-6-3-5-9-7(6)2-4-8-9/h2,4,6H,3,5H2,1H3. The highest BCUT2D eigenvalue weighted by Gasteiger charge is 2.17. The number of hydrogen-bond acceptors (Lipinski definition) is 1. The number of hydrogen-bond donors (Lipinski definition) is 0. The molecule has 0 saturated carbocycles. The average molecular weight is 122 g/mol. The van der Waals surface area contributed by atoms with Crippen LogP contribution < -0.4 is 0 Å². The van der Waals surface area contributed by atoms with Crippen molar-refractivity contribution in [2.45, 2.75) is 25.8 Å². The van der Waals surface area contributed by atoms with E-state index < -0.39 is 0 Å². The SMILES string of the molecule is CC1CCn2nccc21. The molecule has 0 amide bonds. The molecule has 0 bridgehead atoms. The molecular formula is C7H10N2. The highest BCUT2D eigenvalue weighted by atomic mass is 15.3. The predicted molar refractivity (Wildman–Crippen MR) is 35.3 cm³/mol. The zero-order chi connectivity index (χ0) is 6.27. The maximum Gasteiger partial charge on any atom is 0.0492 e. The predicted octanol–water partition coefficient (Wildman–Crippen LogP) is 1.39. The summed E-state index contributed by atoms with van der Waals surface area (Å²) in [7, 11) is 0. The first kappa shape index (κ1) is 5.03. The quantitative estimate of drug-likeness (QED) is 0.508. The highest BCUT2D eigenvalue weighted by molar-refractivity contribution is 5.09. The summed E-state index contributed by atoms with van der Waals surface area (Å²) in [6.07, 6.45) is 3.15. The van der Waals surface area contributed by atoms with Crippen molar-refractivity contribution in [3.8, 4) is 0 Å². The summed E-state index contributed by atoms with van der Waals surface area (Å²) in [5.41, 5.74) is 1.40. The Hall–Kier alpha value is -0.790. The van der Waals surface area contributed by atoms with Crippen LogP contribution in [0.15, 0.2) is 12.3 Å². The fraction of sp³-hybridized carbons (Fsp3) is 0.571. The molecule has 0 spiro atoms. The minimum atomic E-state index is 0.729. The van der Waals surface area contributed by atoms with Gasteiger partial charge in [0.05, 0.1) is 0 Å². The van der Waals surface area contributed by atoms with Crippen molar-refractivity contribution >= 4 is 0 Å². The maximum absolute atomic E-state index is 4.16. The molecule has 2 heteroatoms. The van der Waals surface area contributed by atoms with Gasteiger partial charge in [0.2, 0.25) is 0 Å². The van der Waals surface area contributed by atoms with Gasteiger partial charge in [-0.15, -0.1) is 0 Å². The summed E-state index contributed by atoms with van der Waals surface area (Å²) in [5.74, 6) is 0.729. The Morgan fingerprint density at radius 2 is 2.67 bits per heavy atom. The molecule has 0 radical (unpaired) electrons. The number of aryl methyl sites for hydroxylation is 1. The van der Waals surface area contributed by atoms with Crippen molar-refractivity contribution in [1.29, 1.82) is 0 Å². The van der Waals surface area contributed by atoms with Gasteiger partial charge in [0.15, 0.2) is 0 Å².